The Balaban J connectivity index is 2.53. The summed E-state index contributed by atoms with van der Waals surface area (Å²) in [5, 5.41) is 11.2. The maximum Gasteiger partial charge on any atom is 0.127 e. The SMILES string of the molecule is Cc1cc(C(O)c2cccc(Cl)c2C)c(Cl)cc1F. The first-order valence-corrected chi connectivity index (χ1v) is 6.56. The third-order valence-corrected chi connectivity index (χ3v) is 3.91. The van der Waals surface area contributed by atoms with E-state index < -0.39 is 6.10 Å². The van der Waals surface area contributed by atoms with Crippen molar-refractivity contribution in [3.63, 3.8) is 0 Å². The zero-order valence-corrected chi connectivity index (χ0v) is 12.1. The van der Waals surface area contributed by atoms with Crippen molar-refractivity contribution in [1.29, 1.82) is 0 Å². The second-order valence-electron chi connectivity index (χ2n) is 4.48. The Morgan fingerprint density at radius 2 is 1.74 bits per heavy atom. The Kier molecular flexibility index (Phi) is 4.14. The van der Waals surface area contributed by atoms with Crippen LogP contribution in [0.15, 0.2) is 30.3 Å². The maximum atomic E-state index is 13.4. The predicted octanol–water partition coefficient (Wildman–Crippen LogP) is 4.83. The van der Waals surface area contributed by atoms with Gasteiger partial charge in [0, 0.05) is 15.6 Å². The van der Waals surface area contributed by atoms with Crippen molar-refractivity contribution in [2.75, 3.05) is 0 Å². The lowest BCUT2D eigenvalue weighted by Gasteiger charge is -2.17. The minimum absolute atomic E-state index is 0.204. The van der Waals surface area contributed by atoms with E-state index in [-0.39, 0.29) is 10.8 Å². The number of aliphatic hydroxyl groups excluding tert-OH is 1. The molecule has 0 saturated carbocycles. The Hall–Kier alpha value is -1.09. The fourth-order valence-electron chi connectivity index (χ4n) is 1.98. The Morgan fingerprint density at radius 3 is 2.42 bits per heavy atom. The molecule has 1 atom stereocenters. The highest BCUT2D eigenvalue weighted by Crippen LogP contribution is 2.33. The zero-order chi connectivity index (χ0) is 14.2. The summed E-state index contributed by atoms with van der Waals surface area (Å²) >= 11 is 12.0. The fourth-order valence-corrected chi connectivity index (χ4v) is 2.41. The molecule has 2 rings (SSSR count). The molecule has 1 nitrogen and oxygen atoms in total. The molecule has 2 aromatic rings. The summed E-state index contributed by atoms with van der Waals surface area (Å²) in [6, 6.07) is 8.07. The molecule has 0 aliphatic carbocycles. The minimum Gasteiger partial charge on any atom is -0.384 e. The van der Waals surface area contributed by atoms with E-state index in [4.69, 9.17) is 23.2 Å². The van der Waals surface area contributed by atoms with E-state index in [2.05, 4.69) is 0 Å². The second kappa shape index (κ2) is 5.49. The molecule has 0 fully saturated rings. The highest BCUT2D eigenvalue weighted by atomic mass is 35.5. The molecule has 19 heavy (non-hydrogen) atoms. The third kappa shape index (κ3) is 2.76. The number of halogens is 3. The van der Waals surface area contributed by atoms with Gasteiger partial charge in [0.05, 0.1) is 0 Å². The number of benzene rings is 2. The van der Waals surface area contributed by atoms with Gasteiger partial charge in [0.2, 0.25) is 0 Å². The van der Waals surface area contributed by atoms with Gasteiger partial charge in [-0.3, -0.25) is 0 Å². The zero-order valence-electron chi connectivity index (χ0n) is 10.5. The molecule has 0 aliphatic heterocycles. The summed E-state index contributed by atoms with van der Waals surface area (Å²) in [6.07, 6.45) is -0.925. The minimum atomic E-state index is -0.925. The summed E-state index contributed by atoms with van der Waals surface area (Å²) < 4.78 is 13.4. The molecule has 0 saturated heterocycles. The molecular formula is C15H13Cl2FO. The van der Waals surface area contributed by atoms with Crippen molar-refractivity contribution in [3.05, 3.63) is 68.4 Å². The van der Waals surface area contributed by atoms with Gasteiger partial charge in [-0.05, 0) is 48.7 Å². The van der Waals surface area contributed by atoms with Gasteiger partial charge in [0.1, 0.15) is 11.9 Å². The van der Waals surface area contributed by atoms with Crippen molar-refractivity contribution in [2.45, 2.75) is 20.0 Å². The van der Waals surface area contributed by atoms with Crippen LogP contribution in [-0.4, -0.2) is 5.11 Å². The van der Waals surface area contributed by atoms with E-state index in [1.165, 1.54) is 6.07 Å². The largest absolute Gasteiger partial charge is 0.384 e. The van der Waals surface area contributed by atoms with Crippen LogP contribution in [0.1, 0.15) is 28.4 Å². The van der Waals surface area contributed by atoms with Crippen LogP contribution in [0, 0.1) is 19.7 Å². The summed E-state index contributed by atoms with van der Waals surface area (Å²) in [5.74, 6) is -0.385. The second-order valence-corrected chi connectivity index (χ2v) is 5.29. The first kappa shape index (κ1) is 14.3. The first-order valence-electron chi connectivity index (χ1n) is 5.80. The van der Waals surface area contributed by atoms with Crippen LogP contribution in [0.5, 0.6) is 0 Å². The van der Waals surface area contributed by atoms with Crippen LogP contribution in [0.2, 0.25) is 10.0 Å². The molecule has 100 valence electrons. The summed E-state index contributed by atoms with van der Waals surface area (Å²) in [6.45, 7) is 3.46. The van der Waals surface area contributed by atoms with Crippen LogP contribution in [0.4, 0.5) is 4.39 Å². The Labute approximate surface area is 121 Å². The van der Waals surface area contributed by atoms with Gasteiger partial charge in [0.25, 0.3) is 0 Å². The van der Waals surface area contributed by atoms with Gasteiger partial charge >= 0.3 is 0 Å². The summed E-state index contributed by atoms with van der Waals surface area (Å²) in [5.41, 5.74) is 2.37. The molecule has 0 amide bonds. The van der Waals surface area contributed by atoms with Gasteiger partial charge in [0.15, 0.2) is 0 Å². The highest BCUT2D eigenvalue weighted by molar-refractivity contribution is 6.32. The molecule has 0 radical (unpaired) electrons. The van der Waals surface area contributed by atoms with Crippen molar-refractivity contribution >= 4 is 23.2 Å². The number of hydrogen-bond acceptors (Lipinski definition) is 1. The normalized spacial score (nSPS) is 12.5. The van der Waals surface area contributed by atoms with Gasteiger partial charge in [-0.1, -0.05) is 35.3 Å². The lowest BCUT2D eigenvalue weighted by molar-refractivity contribution is 0.219. The molecule has 1 N–H and O–H groups in total. The number of rotatable bonds is 2. The highest BCUT2D eigenvalue weighted by Gasteiger charge is 2.18. The summed E-state index contributed by atoms with van der Waals surface area (Å²) in [4.78, 5) is 0. The topological polar surface area (TPSA) is 20.2 Å². The predicted molar refractivity (Wildman–Crippen MR) is 76.4 cm³/mol. The summed E-state index contributed by atoms with van der Waals surface area (Å²) in [7, 11) is 0. The monoisotopic (exact) mass is 298 g/mol. The van der Waals surface area contributed by atoms with Crippen molar-refractivity contribution in [1.82, 2.24) is 0 Å². The molecule has 0 bridgehead atoms. The molecule has 0 aromatic heterocycles. The average Bonchev–Trinajstić information content (AvgIpc) is 2.36. The quantitative estimate of drug-likeness (QED) is 0.842. The van der Waals surface area contributed by atoms with Crippen LogP contribution < -0.4 is 0 Å². The lowest BCUT2D eigenvalue weighted by atomic mass is 9.96. The van der Waals surface area contributed by atoms with Gasteiger partial charge in [-0.15, -0.1) is 0 Å². The standard InChI is InChI=1S/C15H13Cl2FO/c1-8-6-11(13(17)7-14(8)18)15(19)10-4-3-5-12(16)9(10)2/h3-7,15,19H,1-2H3. The number of hydrogen-bond donors (Lipinski definition) is 1. The molecule has 2 aromatic carbocycles. The van der Waals surface area contributed by atoms with Crippen LogP contribution in [-0.2, 0) is 0 Å². The van der Waals surface area contributed by atoms with E-state index in [9.17, 15) is 9.50 Å². The number of aryl methyl sites for hydroxylation is 1. The fraction of sp³-hybridized carbons (Fsp3) is 0.200. The van der Waals surface area contributed by atoms with E-state index >= 15 is 0 Å². The van der Waals surface area contributed by atoms with Crippen molar-refractivity contribution in [2.24, 2.45) is 0 Å². The van der Waals surface area contributed by atoms with Crippen LogP contribution >= 0.6 is 23.2 Å². The molecule has 0 spiro atoms. The van der Waals surface area contributed by atoms with E-state index in [0.717, 1.165) is 5.56 Å². The Bertz CT molecular complexity index is 626. The molecule has 0 heterocycles. The van der Waals surface area contributed by atoms with E-state index in [1.54, 1.807) is 31.2 Å². The van der Waals surface area contributed by atoms with Gasteiger partial charge in [-0.2, -0.15) is 0 Å². The van der Waals surface area contributed by atoms with E-state index in [1.807, 2.05) is 6.92 Å². The van der Waals surface area contributed by atoms with Crippen LogP contribution in [0.25, 0.3) is 0 Å². The molecular weight excluding hydrogens is 286 g/mol. The maximum absolute atomic E-state index is 13.4. The number of aliphatic hydroxyl groups is 1. The average molecular weight is 299 g/mol. The smallest absolute Gasteiger partial charge is 0.127 e. The lowest BCUT2D eigenvalue weighted by Crippen LogP contribution is -2.04. The van der Waals surface area contributed by atoms with Crippen molar-refractivity contribution in [3.8, 4) is 0 Å². The van der Waals surface area contributed by atoms with E-state index in [0.29, 0.717) is 21.7 Å². The molecule has 1 unspecified atom stereocenters. The van der Waals surface area contributed by atoms with Crippen LogP contribution in [0.3, 0.4) is 0 Å². The first-order chi connectivity index (χ1) is 8.91. The van der Waals surface area contributed by atoms with Gasteiger partial charge < -0.3 is 5.11 Å². The van der Waals surface area contributed by atoms with Crippen molar-refractivity contribution < 1.29 is 9.50 Å². The van der Waals surface area contributed by atoms with Gasteiger partial charge in [-0.25, -0.2) is 4.39 Å². The third-order valence-electron chi connectivity index (χ3n) is 3.18. The molecule has 4 heteroatoms. The Morgan fingerprint density at radius 1 is 1.05 bits per heavy atom. The molecule has 0 aliphatic rings.